The Balaban J connectivity index is 2.03. The first-order valence-electron chi connectivity index (χ1n) is 7.63. The molecule has 0 aromatic heterocycles. The van der Waals surface area contributed by atoms with E-state index < -0.39 is 0 Å². The Morgan fingerprint density at radius 3 is 2.76 bits per heavy atom. The number of carbonyl (C=O) groups excluding carboxylic acids is 1. The van der Waals surface area contributed by atoms with Crippen LogP contribution in [0.1, 0.15) is 54.1 Å². The molecular formula is C18H23NO2. The number of carbonyl (C=O) groups is 1. The smallest absolute Gasteiger partial charge is 0.251 e. The van der Waals surface area contributed by atoms with E-state index in [0.29, 0.717) is 11.5 Å². The first-order chi connectivity index (χ1) is 10.1. The van der Waals surface area contributed by atoms with Crippen LogP contribution in [0.2, 0.25) is 0 Å². The highest BCUT2D eigenvalue weighted by molar-refractivity contribution is 5.94. The second kappa shape index (κ2) is 7.28. The molecule has 3 nitrogen and oxygen atoms in total. The molecule has 0 spiro atoms. The molecule has 1 amide bonds. The molecule has 1 fully saturated rings. The number of amides is 1. The van der Waals surface area contributed by atoms with Crippen LogP contribution in [-0.2, 0) is 0 Å². The van der Waals surface area contributed by atoms with Gasteiger partial charge in [-0.05, 0) is 56.4 Å². The average molecular weight is 285 g/mol. The summed E-state index contributed by atoms with van der Waals surface area (Å²) in [5, 5.41) is 11.8. The predicted octanol–water partition coefficient (Wildman–Crippen LogP) is 2.65. The van der Waals surface area contributed by atoms with Gasteiger partial charge in [0, 0.05) is 17.2 Å². The Hall–Kier alpha value is -1.79. The van der Waals surface area contributed by atoms with Crippen LogP contribution in [0.5, 0.6) is 0 Å². The van der Waals surface area contributed by atoms with Gasteiger partial charge in [-0.2, -0.15) is 0 Å². The van der Waals surface area contributed by atoms with Gasteiger partial charge in [0.05, 0.1) is 0 Å². The van der Waals surface area contributed by atoms with Crippen LogP contribution in [0.15, 0.2) is 18.2 Å². The Labute approximate surface area is 126 Å². The van der Waals surface area contributed by atoms with Crippen molar-refractivity contribution in [2.24, 2.45) is 5.92 Å². The van der Waals surface area contributed by atoms with E-state index >= 15 is 0 Å². The number of aliphatic hydroxyl groups excluding tert-OH is 1. The number of nitrogens with one attached hydrogen (secondary N) is 1. The van der Waals surface area contributed by atoms with Crippen molar-refractivity contribution in [2.75, 3.05) is 6.61 Å². The van der Waals surface area contributed by atoms with E-state index in [-0.39, 0.29) is 18.6 Å². The van der Waals surface area contributed by atoms with Crippen molar-refractivity contribution in [1.29, 1.82) is 0 Å². The standard InChI is InChI=1S/C18H23NO2/c1-13-12-17(10-9-15(13)8-5-11-20)18(21)19-14(2)16-6-3-4-7-16/h9-10,12,14,16,20H,3-4,6-7,11H2,1-2H3,(H,19,21). The summed E-state index contributed by atoms with van der Waals surface area (Å²) in [6.07, 6.45) is 5.00. The summed E-state index contributed by atoms with van der Waals surface area (Å²) in [4.78, 5) is 12.3. The third-order valence-electron chi connectivity index (χ3n) is 4.26. The molecular weight excluding hydrogens is 262 g/mol. The third-order valence-corrected chi connectivity index (χ3v) is 4.26. The fraction of sp³-hybridized carbons (Fsp3) is 0.500. The molecule has 112 valence electrons. The van der Waals surface area contributed by atoms with Crippen molar-refractivity contribution in [2.45, 2.75) is 45.6 Å². The maximum atomic E-state index is 12.3. The quantitative estimate of drug-likeness (QED) is 0.839. The van der Waals surface area contributed by atoms with Crippen LogP contribution < -0.4 is 5.32 Å². The topological polar surface area (TPSA) is 49.3 Å². The normalized spacial score (nSPS) is 16.1. The van der Waals surface area contributed by atoms with Crippen LogP contribution in [0.4, 0.5) is 0 Å². The molecule has 0 saturated heterocycles. The van der Waals surface area contributed by atoms with Crippen LogP contribution in [0.25, 0.3) is 0 Å². The van der Waals surface area contributed by atoms with Gasteiger partial charge in [-0.3, -0.25) is 4.79 Å². The summed E-state index contributed by atoms with van der Waals surface area (Å²) in [6, 6.07) is 5.73. The SMILES string of the molecule is Cc1cc(C(=O)NC(C)C2CCCC2)ccc1C#CCO. The first kappa shape index (κ1) is 15.6. The molecule has 1 aliphatic rings. The lowest BCUT2D eigenvalue weighted by Crippen LogP contribution is -2.37. The maximum Gasteiger partial charge on any atom is 0.251 e. The zero-order valence-corrected chi connectivity index (χ0v) is 12.8. The van der Waals surface area contributed by atoms with Crippen molar-refractivity contribution < 1.29 is 9.90 Å². The molecule has 1 aromatic carbocycles. The maximum absolute atomic E-state index is 12.3. The fourth-order valence-electron chi connectivity index (χ4n) is 2.95. The molecule has 1 atom stereocenters. The lowest BCUT2D eigenvalue weighted by atomic mass is 9.99. The van der Waals surface area contributed by atoms with Gasteiger partial charge in [-0.15, -0.1) is 0 Å². The number of rotatable bonds is 3. The Kier molecular flexibility index (Phi) is 5.41. The van der Waals surface area contributed by atoms with Gasteiger partial charge in [-0.1, -0.05) is 24.7 Å². The van der Waals surface area contributed by atoms with Gasteiger partial charge in [0.2, 0.25) is 0 Å². The average Bonchev–Trinajstić information content (AvgIpc) is 3.00. The number of benzene rings is 1. The highest BCUT2D eigenvalue weighted by Gasteiger charge is 2.23. The third kappa shape index (κ3) is 4.09. The number of hydrogen-bond acceptors (Lipinski definition) is 2. The Morgan fingerprint density at radius 1 is 1.43 bits per heavy atom. The van der Waals surface area contributed by atoms with Crippen LogP contribution >= 0.6 is 0 Å². The molecule has 0 bridgehead atoms. The molecule has 2 N–H and O–H groups in total. The molecule has 0 radical (unpaired) electrons. The molecule has 1 aromatic rings. The largest absolute Gasteiger partial charge is 0.384 e. The van der Waals surface area contributed by atoms with E-state index in [2.05, 4.69) is 24.1 Å². The molecule has 1 aliphatic carbocycles. The highest BCUT2D eigenvalue weighted by atomic mass is 16.2. The van der Waals surface area contributed by atoms with Crippen LogP contribution in [0, 0.1) is 24.7 Å². The van der Waals surface area contributed by atoms with Crippen LogP contribution in [-0.4, -0.2) is 23.7 Å². The lowest BCUT2D eigenvalue weighted by molar-refractivity contribution is 0.0927. The molecule has 0 heterocycles. The summed E-state index contributed by atoms with van der Waals surface area (Å²) < 4.78 is 0. The molecule has 3 heteroatoms. The molecule has 1 saturated carbocycles. The van der Waals surface area contributed by atoms with E-state index in [4.69, 9.17) is 5.11 Å². The van der Waals surface area contributed by atoms with Gasteiger partial charge in [0.15, 0.2) is 0 Å². The summed E-state index contributed by atoms with van der Waals surface area (Å²) in [5.41, 5.74) is 2.48. The Bertz CT molecular complexity index is 562. The predicted molar refractivity (Wildman–Crippen MR) is 84.0 cm³/mol. The lowest BCUT2D eigenvalue weighted by Gasteiger charge is -2.20. The van der Waals surface area contributed by atoms with Gasteiger partial charge in [0.25, 0.3) is 5.91 Å². The van der Waals surface area contributed by atoms with Gasteiger partial charge < -0.3 is 10.4 Å². The minimum absolute atomic E-state index is 0.0147. The zero-order valence-electron chi connectivity index (χ0n) is 12.8. The van der Waals surface area contributed by atoms with Crippen molar-refractivity contribution in [3.8, 4) is 11.8 Å². The summed E-state index contributed by atoms with van der Waals surface area (Å²) >= 11 is 0. The van der Waals surface area contributed by atoms with Gasteiger partial charge in [0.1, 0.15) is 6.61 Å². The van der Waals surface area contributed by atoms with Crippen LogP contribution in [0.3, 0.4) is 0 Å². The molecule has 0 aliphatic heterocycles. The minimum Gasteiger partial charge on any atom is -0.384 e. The monoisotopic (exact) mass is 285 g/mol. The second-order valence-electron chi connectivity index (χ2n) is 5.80. The minimum atomic E-state index is -0.152. The van der Waals surface area contributed by atoms with Crippen molar-refractivity contribution >= 4 is 5.91 Å². The summed E-state index contributed by atoms with van der Waals surface area (Å²) in [6.45, 7) is 3.88. The van der Waals surface area contributed by atoms with Crippen molar-refractivity contribution in [3.05, 3.63) is 34.9 Å². The Morgan fingerprint density at radius 2 is 2.14 bits per heavy atom. The summed E-state index contributed by atoms with van der Waals surface area (Å²) in [5.74, 6) is 6.11. The number of hydrogen-bond donors (Lipinski definition) is 2. The van der Waals surface area contributed by atoms with Gasteiger partial charge >= 0.3 is 0 Å². The number of aliphatic hydroxyl groups is 1. The molecule has 2 rings (SSSR count). The highest BCUT2D eigenvalue weighted by Crippen LogP contribution is 2.27. The van der Waals surface area contributed by atoms with E-state index in [1.165, 1.54) is 25.7 Å². The molecule has 1 unspecified atom stereocenters. The van der Waals surface area contributed by atoms with E-state index in [1.807, 2.05) is 19.1 Å². The van der Waals surface area contributed by atoms with E-state index in [0.717, 1.165) is 11.1 Å². The summed E-state index contributed by atoms with van der Waals surface area (Å²) in [7, 11) is 0. The fourth-order valence-corrected chi connectivity index (χ4v) is 2.95. The second-order valence-corrected chi connectivity index (χ2v) is 5.80. The van der Waals surface area contributed by atoms with E-state index in [9.17, 15) is 4.79 Å². The number of aryl methyl sites for hydroxylation is 1. The van der Waals surface area contributed by atoms with Crippen molar-refractivity contribution in [3.63, 3.8) is 0 Å². The van der Waals surface area contributed by atoms with E-state index in [1.54, 1.807) is 6.07 Å². The first-order valence-corrected chi connectivity index (χ1v) is 7.63. The van der Waals surface area contributed by atoms with Gasteiger partial charge in [-0.25, -0.2) is 0 Å². The zero-order chi connectivity index (χ0) is 15.2. The van der Waals surface area contributed by atoms with Crippen molar-refractivity contribution in [1.82, 2.24) is 5.32 Å². The molecule has 21 heavy (non-hydrogen) atoms.